The molecule has 3 rings (SSSR count). The fourth-order valence-electron chi connectivity index (χ4n) is 3.15. The van der Waals surface area contributed by atoms with Crippen molar-refractivity contribution in [2.75, 3.05) is 13.1 Å². The molecule has 118 valence electrons. The third-order valence-electron chi connectivity index (χ3n) is 4.41. The van der Waals surface area contributed by atoms with Gasteiger partial charge in [0.25, 0.3) is 0 Å². The molecule has 2 aromatic rings. The number of carbonyl (C=O) groups is 1. The van der Waals surface area contributed by atoms with E-state index in [1.165, 1.54) is 25.7 Å². The van der Waals surface area contributed by atoms with Crippen molar-refractivity contribution in [3.05, 3.63) is 30.6 Å². The standard InChI is InChI=1S/C17H24N4O/c22-17(19-12-14-6-1-2-7-14)18-10-5-11-21-13-20-15-8-3-4-9-16(15)21/h3-4,8-9,13-14H,1-2,5-7,10-12H2,(H2,18,19,22). The Balaban J connectivity index is 1.35. The van der Waals surface area contributed by atoms with E-state index in [-0.39, 0.29) is 6.03 Å². The fourth-order valence-corrected chi connectivity index (χ4v) is 3.15. The van der Waals surface area contributed by atoms with Gasteiger partial charge in [-0.1, -0.05) is 25.0 Å². The zero-order valence-corrected chi connectivity index (χ0v) is 12.9. The Morgan fingerprint density at radius 3 is 2.91 bits per heavy atom. The summed E-state index contributed by atoms with van der Waals surface area (Å²) >= 11 is 0. The molecule has 0 aliphatic heterocycles. The van der Waals surface area contributed by atoms with Crippen molar-refractivity contribution >= 4 is 17.1 Å². The molecule has 1 aliphatic carbocycles. The highest BCUT2D eigenvalue weighted by Gasteiger charge is 2.15. The number of nitrogens with one attached hydrogen (secondary N) is 2. The zero-order chi connectivity index (χ0) is 15.2. The van der Waals surface area contributed by atoms with Crippen LogP contribution in [0.5, 0.6) is 0 Å². The molecule has 1 heterocycles. The number of aromatic nitrogens is 2. The third kappa shape index (κ3) is 3.78. The maximum atomic E-state index is 11.7. The van der Waals surface area contributed by atoms with E-state index in [0.29, 0.717) is 12.5 Å². The van der Waals surface area contributed by atoms with Crippen molar-refractivity contribution in [1.29, 1.82) is 0 Å². The Bertz CT molecular complexity index is 616. The molecule has 22 heavy (non-hydrogen) atoms. The molecule has 0 radical (unpaired) electrons. The molecule has 0 spiro atoms. The molecular weight excluding hydrogens is 276 g/mol. The highest BCUT2D eigenvalue weighted by Crippen LogP contribution is 2.23. The van der Waals surface area contributed by atoms with E-state index in [9.17, 15) is 4.79 Å². The lowest BCUT2D eigenvalue weighted by molar-refractivity contribution is 0.238. The molecule has 1 aromatic carbocycles. The summed E-state index contributed by atoms with van der Waals surface area (Å²) in [5.41, 5.74) is 2.16. The number of para-hydroxylation sites is 2. The van der Waals surface area contributed by atoms with Crippen molar-refractivity contribution in [2.24, 2.45) is 5.92 Å². The first-order chi connectivity index (χ1) is 10.8. The van der Waals surface area contributed by atoms with Crippen LogP contribution in [0.1, 0.15) is 32.1 Å². The lowest BCUT2D eigenvalue weighted by Gasteiger charge is -2.11. The molecule has 1 fully saturated rings. The summed E-state index contributed by atoms with van der Waals surface area (Å²) in [7, 11) is 0. The lowest BCUT2D eigenvalue weighted by atomic mass is 10.1. The van der Waals surface area contributed by atoms with E-state index in [2.05, 4.69) is 26.3 Å². The number of aryl methyl sites for hydroxylation is 1. The number of benzene rings is 1. The Morgan fingerprint density at radius 1 is 1.23 bits per heavy atom. The topological polar surface area (TPSA) is 59.0 Å². The van der Waals surface area contributed by atoms with Crippen LogP contribution in [0.25, 0.3) is 11.0 Å². The first-order valence-electron chi connectivity index (χ1n) is 8.24. The number of nitrogens with zero attached hydrogens (tertiary/aromatic N) is 2. The summed E-state index contributed by atoms with van der Waals surface area (Å²) in [6, 6.07) is 8.07. The summed E-state index contributed by atoms with van der Waals surface area (Å²) < 4.78 is 2.13. The number of urea groups is 1. The van der Waals surface area contributed by atoms with Crippen LogP contribution in [0, 0.1) is 5.92 Å². The van der Waals surface area contributed by atoms with Gasteiger partial charge in [0.2, 0.25) is 0 Å². The summed E-state index contributed by atoms with van der Waals surface area (Å²) in [6.45, 7) is 2.37. The second-order valence-electron chi connectivity index (χ2n) is 6.07. The first-order valence-corrected chi connectivity index (χ1v) is 8.24. The van der Waals surface area contributed by atoms with Crippen molar-refractivity contribution in [3.63, 3.8) is 0 Å². The second kappa shape index (κ2) is 7.29. The molecule has 0 bridgehead atoms. The van der Waals surface area contributed by atoms with Crippen LogP contribution >= 0.6 is 0 Å². The van der Waals surface area contributed by atoms with Crippen LogP contribution < -0.4 is 10.6 Å². The first kappa shape index (κ1) is 14.9. The molecule has 1 saturated carbocycles. The molecule has 1 aliphatic rings. The average molecular weight is 300 g/mol. The van der Waals surface area contributed by atoms with Gasteiger partial charge in [0.05, 0.1) is 17.4 Å². The summed E-state index contributed by atoms with van der Waals surface area (Å²) in [4.78, 5) is 16.1. The van der Waals surface area contributed by atoms with E-state index in [0.717, 1.165) is 30.5 Å². The molecule has 1 aromatic heterocycles. The van der Waals surface area contributed by atoms with Crippen molar-refractivity contribution in [1.82, 2.24) is 20.2 Å². The van der Waals surface area contributed by atoms with E-state index in [4.69, 9.17) is 0 Å². The van der Waals surface area contributed by atoms with Gasteiger partial charge in [-0.3, -0.25) is 0 Å². The van der Waals surface area contributed by atoms with Crippen LogP contribution in [-0.4, -0.2) is 28.7 Å². The summed E-state index contributed by atoms with van der Waals surface area (Å²) in [5, 5.41) is 5.91. The van der Waals surface area contributed by atoms with Gasteiger partial charge in [0, 0.05) is 19.6 Å². The van der Waals surface area contributed by atoms with Crippen molar-refractivity contribution < 1.29 is 4.79 Å². The zero-order valence-electron chi connectivity index (χ0n) is 12.9. The molecule has 5 heteroatoms. The van der Waals surface area contributed by atoms with Crippen LogP contribution in [0.4, 0.5) is 4.79 Å². The van der Waals surface area contributed by atoms with Gasteiger partial charge in [-0.05, 0) is 37.3 Å². The number of rotatable bonds is 6. The molecule has 0 unspecified atom stereocenters. The fraction of sp³-hybridized carbons (Fsp3) is 0.529. The van der Waals surface area contributed by atoms with Crippen LogP contribution in [0.15, 0.2) is 30.6 Å². The van der Waals surface area contributed by atoms with Crippen molar-refractivity contribution in [2.45, 2.75) is 38.6 Å². The third-order valence-corrected chi connectivity index (χ3v) is 4.41. The van der Waals surface area contributed by atoms with Crippen molar-refractivity contribution in [3.8, 4) is 0 Å². The van der Waals surface area contributed by atoms with E-state index < -0.39 is 0 Å². The van der Waals surface area contributed by atoms with Gasteiger partial charge in [-0.2, -0.15) is 0 Å². The van der Waals surface area contributed by atoms with Crippen LogP contribution in [0.3, 0.4) is 0 Å². The Morgan fingerprint density at radius 2 is 2.05 bits per heavy atom. The lowest BCUT2D eigenvalue weighted by Crippen LogP contribution is -2.38. The van der Waals surface area contributed by atoms with Gasteiger partial charge in [0.15, 0.2) is 0 Å². The minimum Gasteiger partial charge on any atom is -0.338 e. The average Bonchev–Trinajstić information content (AvgIpc) is 3.19. The van der Waals surface area contributed by atoms with Gasteiger partial charge >= 0.3 is 6.03 Å². The minimum atomic E-state index is -0.0395. The second-order valence-corrected chi connectivity index (χ2v) is 6.07. The molecule has 2 amide bonds. The maximum absolute atomic E-state index is 11.7. The predicted octanol–water partition coefficient (Wildman–Crippen LogP) is 2.92. The Hall–Kier alpha value is -2.04. The molecule has 5 nitrogen and oxygen atoms in total. The van der Waals surface area contributed by atoms with Gasteiger partial charge < -0.3 is 15.2 Å². The van der Waals surface area contributed by atoms with Crippen LogP contribution in [0.2, 0.25) is 0 Å². The SMILES string of the molecule is O=C(NCCCn1cnc2ccccc21)NCC1CCCC1. The highest BCUT2D eigenvalue weighted by atomic mass is 16.2. The van der Waals surface area contributed by atoms with Gasteiger partial charge in [0.1, 0.15) is 0 Å². The monoisotopic (exact) mass is 300 g/mol. The minimum absolute atomic E-state index is 0.0395. The number of fused-ring (bicyclic) bond motifs is 1. The Kier molecular flexibility index (Phi) is 4.93. The number of amides is 2. The number of carbonyl (C=O) groups excluding carboxylic acids is 1. The number of hydrogen-bond donors (Lipinski definition) is 2. The van der Waals surface area contributed by atoms with E-state index in [1.807, 2.05) is 24.5 Å². The number of imidazole rings is 1. The molecule has 0 atom stereocenters. The number of hydrogen-bond acceptors (Lipinski definition) is 2. The van der Waals surface area contributed by atoms with E-state index in [1.54, 1.807) is 0 Å². The summed E-state index contributed by atoms with van der Waals surface area (Å²) in [5.74, 6) is 0.683. The van der Waals surface area contributed by atoms with Gasteiger partial charge in [-0.25, -0.2) is 9.78 Å². The normalized spacial score (nSPS) is 15.3. The largest absolute Gasteiger partial charge is 0.338 e. The smallest absolute Gasteiger partial charge is 0.314 e. The maximum Gasteiger partial charge on any atom is 0.314 e. The predicted molar refractivity (Wildman–Crippen MR) is 87.7 cm³/mol. The quantitative estimate of drug-likeness (QED) is 0.806. The molecule has 0 saturated heterocycles. The molecular formula is C17H24N4O. The van der Waals surface area contributed by atoms with Crippen LogP contribution in [-0.2, 0) is 6.54 Å². The highest BCUT2D eigenvalue weighted by molar-refractivity contribution is 5.75. The summed E-state index contributed by atoms with van der Waals surface area (Å²) in [6.07, 6.45) is 7.91. The van der Waals surface area contributed by atoms with Gasteiger partial charge in [-0.15, -0.1) is 0 Å². The Labute approximate surface area is 131 Å². The van der Waals surface area contributed by atoms with E-state index >= 15 is 0 Å². The molecule has 2 N–H and O–H groups in total.